The molecule has 29 heavy (non-hydrogen) atoms. The van der Waals surface area contributed by atoms with E-state index >= 15 is 0 Å². The smallest absolute Gasteiger partial charge is 0.244 e. The molecule has 0 saturated carbocycles. The Morgan fingerprint density at radius 1 is 1.03 bits per heavy atom. The van der Waals surface area contributed by atoms with Gasteiger partial charge in [0.25, 0.3) is 0 Å². The molecule has 8 heteroatoms. The lowest BCUT2D eigenvalue weighted by molar-refractivity contribution is 0.159. The lowest BCUT2D eigenvalue weighted by Gasteiger charge is -2.39. The zero-order valence-corrected chi connectivity index (χ0v) is 17.5. The second-order valence-electron chi connectivity index (χ2n) is 7.72. The van der Waals surface area contributed by atoms with Crippen LogP contribution in [0.25, 0.3) is 0 Å². The summed E-state index contributed by atoms with van der Waals surface area (Å²) in [6.45, 7) is 2.61. The summed E-state index contributed by atoms with van der Waals surface area (Å²) < 4.78 is 55.1. The van der Waals surface area contributed by atoms with E-state index in [1.165, 1.54) is 15.4 Å². The van der Waals surface area contributed by atoms with Crippen LogP contribution in [0.5, 0.6) is 0 Å². The van der Waals surface area contributed by atoms with Gasteiger partial charge in [0.05, 0.1) is 5.02 Å². The summed E-state index contributed by atoms with van der Waals surface area (Å²) in [5.74, 6) is -2.37. The Morgan fingerprint density at radius 2 is 1.76 bits per heavy atom. The van der Waals surface area contributed by atoms with Crippen molar-refractivity contribution in [1.82, 2.24) is 9.21 Å². The van der Waals surface area contributed by atoms with Gasteiger partial charge >= 0.3 is 0 Å². The van der Waals surface area contributed by atoms with Crippen LogP contribution < -0.4 is 0 Å². The predicted octanol–water partition coefficient (Wildman–Crippen LogP) is 4.22. The number of fused-ring (bicyclic) bond motifs is 1. The first-order valence-corrected chi connectivity index (χ1v) is 11.6. The van der Waals surface area contributed by atoms with Crippen molar-refractivity contribution in [3.8, 4) is 0 Å². The molecule has 2 aromatic rings. The molecule has 1 unspecified atom stereocenters. The largest absolute Gasteiger partial charge is 0.297 e. The van der Waals surface area contributed by atoms with E-state index in [2.05, 4.69) is 17.0 Å². The topological polar surface area (TPSA) is 40.6 Å². The minimum absolute atomic E-state index is 0.219. The van der Waals surface area contributed by atoms with Gasteiger partial charge < -0.3 is 0 Å². The van der Waals surface area contributed by atoms with Gasteiger partial charge in [-0.1, -0.05) is 42.3 Å². The summed E-state index contributed by atoms with van der Waals surface area (Å²) in [6.07, 6.45) is 3.34. The van der Waals surface area contributed by atoms with Crippen LogP contribution in [-0.4, -0.2) is 43.3 Å². The average Bonchev–Trinajstić information content (AvgIpc) is 2.71. The normalized spacial score (nSPS) is 21.1. The first-order valence-electron chi connectivity index (χ1n) is 9.82. The Balaban J connectivity index is 1.57. The van der Waals surface area contributed by atoms with Gasteiger partial charge in [0.1, 0.15) is 4.90 Å². The third-order valence-corrected chi connectivity index (χ3v) is 8.23. The standard InChI is InChI=1S/C21H23ClF2N2O2S/c22-18-11-19(23)20(24)12-21(18)29(27,28)26-9-4-3-7-17(26)14-25-10-8-15-5-1-2-6-16(15)13-25/h1-2,5-6,11-12,17H,3-4,7-10,13-14H2. The van der Waals surface area contributed by atoms with Crippen LogP contribution in [0.3, 0.4) is 0 Å². The van der Waals surface area contributed by atoms with E-state index in [0.29, 0.717) is 19.2 Å². The van der Waals surface area contributed by atoms with Crippen LogP contribution in [0.1, 0.15) is 30.4 Å². The fourth-order valence-electron chi connectivity index (χ4n) is 4.31. The van der Waals surface area contributed by atoms with Crippen LogP contribution in [0, 0.1) is 11.6 Å². The Morgan fingerprint density at radius 3 is 2.55 bits per heavy atom. The third kappa shape index (κ3) is 4.19. The van der Waals surface area contributed by atoms with Crippen molar-refractivity contribution in [1.29, 1.82) is 0 Å². The molecule has 0 bridgehead atoms. The molecule has 4 nitrogen and oxygen atoms in total. The second kappa shape index (κ2) is 8.30. The van der Waals surface area contributed by atoms with Crippen molar-refractivity contribution in [2.24, 2.45) is 0 Å². The lowest BCUT2D eigenvalue weighted by Crippen LogP contribution is -2.50. The molecule has 0 N–H and O–H groups in total. The molecule has 0 amide bonds. The van der Waals surface area contributed by atoms with Gasteiger partial charge in [0.15, 0.2) is 11.6 Å². The van der Waals surface area contributed by atoms with Crippen molar-refractivity contribution in [3.05, 3.63) is 64.2 Å². The molecule has 2 aliphatic rings. The van der Waals surface area contributed by atoms with Gasteiger partial charge in [-0.25, -0.2) is 17.2 Å². The summed E-state index contributed by atoms with van der Waals surface area (Å²) in [7, 11) is -4.02. The highest BCUT2D eigenvalue weighted by molar-refractivity contribution is 7.89. The molecule has 2 heterocycles. The molecule has 1 atom stereocenters. The number of benzene rings is 2. The van der Waals surface area contributed by atoms with Crippen LogP contribution >= 0.6 is 11.6 Å². The first kappa shape index (κ1) is 20.7. The Labute approximate surface area is 175 Å². The maximum atomic E-state index is 13.7. The summed E-state index contributed by atoms with van der Waals surface area (Å²) >= 11 is 5.98. The summed E-state index contributed by atoms with van der Waals surface area (Å²) in [4.78, 5) is 1.90. The molecule has 2 aromatic carbocycles. The van der Waals surface area contributed by atoms with Crippen molar-refractivity contribution < 1.29 is 17.2 Å². The summed E-state index contributed by atoms with van der Waals surface area (Å²) in [6, 6.07) is 9.50. The molecule has 0 aromatic heterocycles. The number of nitrogens with zero attached hydrogens (tertiary/aromatic N) is 2. The number of sulfonamides is 1. The van der Waals surface area contributed by atoms with E-state index in [1.807, 2.05) is 12.1 Å². The van der Waals surface area contributed by atoms with E-state index in [-0.39, 0.29) is 16.0 Å². The minimum Gasteiger partial charge on any atom is -0.297 e. The Bertz CT molecular complexity index is 1020. The predicted molar refractivity (Wildman–Crippen MR) is 108 cm³/mol. The van der Waals surface area contributed by atoms with Gasteiger partial charge in [0, 0.05) is 32.2 Å². The van der Waals surface area contributed by atoms with Crippen LogP contribution in [-0.2, 0) is 23.0 Å². The maximum absolute atomic E-state index is 13.7. The average molecular weight is 441 g/mol. The third-order valence-electron chi connectivity index (χ3n) is 5.81. The number of hydrogen-bond acceptors (Lipinski definition) is 3. The van der Waals surface area contributed by atoms with E-state index < -0.39 is 21.7 Å². The van der Waals surface area contributed by atoms with Crippen molar-refractivity contribution in [2.75, 3.05) is 19.6 Å². The Kier molecular flexibility index (Phi) is 5.93. The molecule has 2 aliphatic heterocycles. The quantitative estimate of drug-likeness (QED) is 0.668. The zero-order valence-electron chi connectivity index (χ0n) is 16.0. The highest BCUT2D eigenvalue weighted by Gasteiger charge is 2.36. The first-order chi connectivity index (χ1) is 13.9. The van der Waals surface area contributed by atoms with Gasteiger partial charge in [0.2, 0.25) is 10.0 Å². The molecule has 1 fully saturated rings. The SMILES string of the molecule is O=S(=O)(c1cc(F)c(F)cc1Cl)N1CCCCC1CN1CCc2ccccc2C1. The van der Waals surface area contributed by atoms with E-state index in [0.717, 1.165) is 44.8 Å². The van der Waals surface area contributed by atoms with Gasteiger partial charge in [-0.15, -0.1) is 0 Å². The summed E-state index contributed by atoms with van der Waals surface area (Å²) in [5, 5.41) is -0.292. The fourth-order valence-corrected chi connectivity index (χ4v) is 6.50. The monoisotopic (exact) mass is 440 g/mol. The molecular weight excluding hydrogens is 418 g/mol. The molecule has 0 aliphatic carbocycles. The molecule has 0 spiro atoms. The van der Waals surface area contributed by atoms with Crippen molar-refractivity contribution in [2.45, 2.75) is 43.2 Å². The number of halogens is 3. The van der Waals surface area contributed by atoms with E-state index in [9.17, 15) is 17.2 Å². The van der Waals surface area contributed by atoms with Gasteiger partial charge in [-0.05, 0) is 42.5 Å². The second-order valence-corrected chi connectivity index (χ2v) is 9.98. The Hall–Kier alpha value is -1.54. The number of rotatable bonds is 4. The van der Waals surface area contributed by atoms with Crippen LogP contribution in [0.2, 0.25) is 5.02 Å². The lowest BCUT2D eigenvalue weighted by atomic mass is 9.98. The molecule has 156 valence electrons. The molecule has 1 saturated heterocycles. The van der Waals surface area contributed by atoms with Gasteiger partial charge in [-0.3, -0.25) is 4.90 Å². The zero-order chi connectivity index (χ0) is 20.6. The number of hydrogen-bond donors (Lipinski definition) is 0. The fraction of sp³-hybridized carbons (Fsp3) is 0.429. The summed E-state index contributed by atoms with van der Waals surface area (Å²) in [5.41, 5.74) is 2.61. The molecular formula is C21H23ClF2N2O2S. The van der Waals surface area contributed by atoms with Crippen LogP contribution in [0.4, 0.5) is 8.78 Å². The van der Waals surface area contributed by atoms with Crippen molar-refractivity contribution >= 4 is 21.6 Å². The van der Waals surface area contributed by atoms with E-state index in [4.69, 9.17) is 11.6 Å². The highest BCUT2D eigenvalue weighted by atomic mass is 35.5. The van der Waals surface area contributed by atoms with Crippen molar-refractivity contribution in [3.63, 3.8) is 0 Å². The van der Waals surface area contributed by atoms with Gasteiger partial charge in [-0.2, -0.15) is 4.31 Å². The minimum atomic E-state index is -4.02. The van der Waals surface area contributed by atoms with E-state index in [1.54, 1.807) is 0 Å². The van der Waals surface area contributed by atoms with Crippen LogP contribution in [0.15, 0.2) is 41.3 Å². The highest BCUT2D eigenvalue weighted by Crippen LogP contribution is 2.32. The molecule has 4 rings (SSSR count). The number of piperidine rings is 1. The molecule has 0 radical (unpaired) electrons. The maximum Gasteiger partial charge on any atom is 0.244 e.